The second kappa shape index (κ2) is 10.7. The quantitative estimate of drug-likeness (QED) is 0.495. The average Bonchev–Trinajstić information content (AvgIpc) is 2.82. The molecular formula is C26H31N3O4S. The standard InChI is InChI=1S/C26H31N3O4S/c1-19-15-24(34(31,32)28(3)4)16-25(20(19)2)27-26(30)18-29(17-21-9-7-6-8-10-21)22-11-13-23(33-5)14-12-22/h6-16H,17-18H2,1-5H3,(H,27,30). The van der Waals surface area contributed by atoms with Crippen LogP contribution in [-0.4, -0.2) is 46.4 Å². The molecule has 0 saturated heterocycles. The molecule has 0 radical (unpaired) electrons. The topological polar surface area (TPSA) is 79.0 Å². The van der Waals surface area contributed by atoms with Gasteiger partial charge in [-0.1, -0.05) is 30.3 Å². The molecule has 0 bridgehead atoms. The van der Waals surface area contributed by atoms with Gasteiger partial charge in [0.15, 0.2) is 0 Å². The average molecular weight is 482 g/mol. The molecule has 1 amide bonds. The van der Waals surface area contributed by atoms with E-state index in [1.54, 1.807) is 13.2 Å². The highest BCUT2D eigenvalue weighted by molar-refractivity contribution is 7.89. The number of nitrogens with zero attached hydrogens (tertiary/aromatic N) is 2. The molecule has 3 rings (SSSR count). The van der Waals surface area contributed by atoms with Crippen LogP contribution in [0.5, 0.6) is 5.75 Å². The molecule has 0 saturated carbocycles. The number of benzene rings is 3. The van der Waals surface area contributed by atoms with E-state index in [9.17, 15) is 13.2 Å². The Kier molecular flexibility index (Phi) is 7.96. The first kappa shape index (κ1) is 25.3. The predicted octanol–water partition coefficient (Wildman–Crippen LogP) is 4.21. The molecule has 7 nitrogen and oxygen atoms in total. The number of aryl methyl sites for hydroxylation is 1. The monoisotopic (exact) mass is 481 g/mol. The van der Waals surface area contributed by atoms with Crippen LogP contribution in [0.1, 0.15) is 16.7 Å². The molecule has 0 atom stereocenters. The summed E-state index contributed by atoms with van der Waals surface area (Å²) in [5.74, 6) is 0.492. The van der Waals surface area contributed by atoms with Crippen LogP contribution in [0.25, 0.3) is 0 Å². The lowest BCUT2D eigenvalue weighted by Gasteiger charge is -2.25. The normalized spacial score (nSPS) is 11.4. The summed E-state index contributed by atoms with van der Waals surface area (Å²) >= 11 is 0. The van der Waals surface area contributed by atoms with E-state index in [1.165, 1.54) is 20.2 Å². The first-order chi connectivity index (χ1) is 16.1. The van der Waals surface area contributed by atoms with Crippen LogP contribution in [0.4, 0.5) is 11.4 Å². The maximum absolute atomic E-state index is 13.1. The third-order valence-electron chi connectivity index (χ3n) is 5.68. The second-order valence-electron chi connectivity index (χ2n) is 8.29. The second-order valence-corrected chi connectivity index (χ2v) is 10.4. The fourth-order valence-corrected chi connectivity index (χ4v) is 4.53. The minimum Gasteiger partial charge on any atom is -0.497 e. The SMILES string of the molecule is COc1ccc(N(CC(=O)Nc2cc(S(=O)(=O)N(C)C)cc(C)c2C)Cc2ccccc2)cc1. The van der Waals surface area contributed by atoms with Crippen molar-refractivity contribution in [2.24, 2.45) is 0 Å². The Labute approximate surface area is 202 Å². The molecule has 0 unspecified atom stereocenters. The van der Waals surface area contributed by atoms with E-state index in [0.717, 1.165) is 32.4 Å². The van der Waals surface area contributed by atoms with Crippen LogP contribution >= 0.6 is 0 Å². The molecule has 0 fully saturated rings. The molecule has 34 heavy (non-hydrogen) atoms. The van der Waals surface area contributed by atoms with Gasteiger partial charge in [-0.25, -0.2) is 12.7 Å². The van der Waals surface area contributed by atoms with Crippen LogP contribution in [0, 0.1) is 13.8 Å². The van der Waals surface area contributed by atoms with E-state index in [4.69, 9.17) is 4.74 Å². The molecule has 3 aromatic rings. The van der Waals surface area contributed by atoms with Gasteiger partial charge in [-0.3, -0.25) is 4.79 Å². The molecule has 0 aliphatic carbocycles. The zero-order valence-electron chi connectivity index (χ0n) is 20.2. The zero-order chi connectivity index (χ0) is 24.9. The van der Waals surface area contributed by atoms with Crippen LogP contribution < -0.4 is 15.0 Å². The summed E-state index contributed by atoms with van der Waals surface area (Å²) in [6.07, 6.45) is 0. The minimum atomic E-state index is -3.63. The van der Waals surface area contributed by atoms with Crippen molar-refractivity contribution in [3.8, 4) is 5.75 Å². The molecule has 0 aliphatic rings. The number of anilines is 2. The summed E-state index contributed by atoms with van der Waals surface area (Å²) in [6.45, 7) is 4.32. The van der Waals surface area contributed by atoms with E-state index in [1.807, 2.05) is 73.3 Å². The number of rotatable bonds is 9. The van der Waals surface area contributed by atoms with Crippen LogP contribution in [0.15, 0.2) is 71.6 Å². The minimum absolute atomic E-state index is 0.0877. The molecular weight excluding hydrogens is 450 g/mol. The Hall–Kier alpha value is -3.36. The number of methoxy groups -OCH3 is 1. The van der Waals surface area contributed by atoms with E-state index in [-0.39, 0.29) is 17.3 Å². The van der Waals surface area contributed by atoms with Gasteiger partial charge in [0.2, 0.25) is 15.9 Å². The van der Waals surface area contributed by atoms with Gasteiger partial charge in [0.1, 0.15) is 5.75 Å². The highest BCUT2D eigenvalue weighted by atomic mass is 32.2. The van der Waals surface area contributed by atoms with Crippen molar-refractivity contribution in [2.45, 2.75) is 25.3 Å². The zero-order valence-corrected chi connectivity index (χ0v) is 21.0. The number of ether oxygens (including phenoxy) is 1. The number of nitrogens with one attached hydrogen (secondary N) is 1. The maximum Gasteiger partial charge on any atom is 0.243 e. The Bertz CT molecular complexity index is 1240. The van der Waals surface area contributed by atoms with Crippen molar-refractivity contribution in [1.82, 2.24) is 4.31 Å². The molecule has 0 aromatic heterocycles. The fourth-order valence-electron chi connectivity index (χ4n) is 3.51. The van der Waals surface area contributed by atoms with E-state index < -0.39 is 10.0 Å². The van der Waals surface area contributed by atoms with Gasteiger partial charge in [0, 0.05) is 32.0 Å². The molecule has 0 spiro atoms. The Morgan fingerprint density at radius 3 is 2.21 bits per heavy atom. The van der Waals surface area contributed by atoms with Crippen LogP contribution in [0.2, 0.25) is 0 Å². The third kappa shape index (κ3) is 5.95. The van der Waals surface area contributed by atoms with Crippen molar-refractivity contribution in [3.63, 3.8) is 0 Å². The van der Waals surface area contributed by atoms with Crippen LogP contribution in [0.3, 0.4) is 0 Å². The van der Waals surface area contributed by atoms with Crippen molar-refractivity contribution in [2.75, 3.05) is 38.0 Å². The molecule has 180 valence electrons. The molecule has 3 aromatic carbocycles. The van der Waals surface area contributed by atoms with Crippen molar-refractivity contribution in [1.29, 1.82) is 0 Å². The number of carbonyl (C=O) groups is 1. The first-order valence-electron chi connectivity index (χ1n) is 10.9. The van der Waals surface area contributed by atoms with Crippen molar-refractivity contribution < 1.29 is 17.9 Å². The van der Waals surface area contributed by atoms with Gasteiger partial charge in [0.25, 0.3) is 0 Å². The van der Waals surface area contributed by atoms with Gasteiger partial charge >= 0.3 is 0 Å². The Morgan fingerprint density at radius 1 is 0.971 bits per heavy atom. The van der Waals surface area contributed by atoms with Gasteiger partial charge < -0.3 is 15.0 Å². The van der Waals surface area contributed by atoms with E-state index in [2.05, 4.69) is 5.32 Å². The number of hydrogen-bond acceptors (Lipinski definition) is 5. The molecule has 8 heteroatoms. The fraction of sp³-hybridized carbons (Fsp3) is 0.269. The molecule has 1 N–H and O–H groups in total. The number of hydrogen-bond donors (Lipinski definition) is 1. The Balaban J connectivity index is 1.87. The summed E-state index contributed by atoms with van der Waals surface area (Å²) < 4.78 is 31.7. The number of carbonyl (C=O) groups excluding carboxylic acids is 1. The Morgan fingerprint density at radius 2 is 1.62 bits per heavy atom. The summed E-state index contributed by atoms with van der Waals surface area (Å²) in [7, 11) is 0.953. The lowest BCUT2D eigenvalue weighted by Crippen LogP contribution is -2.33. The number of amides is 1. The van der Waals surface area contributed by atoms with Gasteiger partial charge in [0.05, 0.1) is 18.6 Å². The van der Waals surface area contributed by atoms with E-state index in [0.29, 0.717) is 12.2 Å². The van der Waals surface area contributed by atoms with Gasteiger partial charge in [-0.2, -0.15) is 0 Å². The summed E-state index contributed by atoms with van der Waals surface area (Å²) in [5, 5.41) is 2.92. The number of sulfonamides is 1. The van der Waals surface area contributed by atoms with Crippen molar-refractivity contribution in [3.05, 3.63) is 83.4 Å². The lowest BCUT2D eigenvalue weighted by atomic mass is 10.1. The molecule has 0 heterocycles. The predicted molar refractivity (Wildman–Crippen MR) is 136 cm³/mol. The third-order valence-corrected chi connectivity index (χ3v) is 7.47. The van der Waals surface area contributed by atoms with Gasteiger partial charge in [-0.05, 0) is 66.9 Å². The maximum atomic E-state index is 13.1. The van der Waals surface area contributed by atoms with Gasteiger partial charge in [-0.15, -0.1) is 0 Å². The van der Waals surface area contributed by atoms with E-state index >= 15 is 0 Å². The smallest absolute Gasteiger partial charge is 0.243 e. The first-order valence-corrected chi connectivity index (χ1v) is 12.3. The summed E-state index contributed by atoms with van der Waals surface area (Å²) in [5.41, 5.74) is 4.04. The molecule has 0 aliphatic heterocycles. The highest BCUT2D eigenvalue weighted by Gasteiger charge is 2.21. The van der Waals surface area contributed by atoms with Crippen molar-refractivity contribution >= 4 is 27.3 Å². The highest BCUT2D eigenvalue weighted by Crippen LogP contribution is 2.26. The largest absolute Gasteiger partial charge is 0.497 e. The summed E-state index contributed by atoms with van der Waals surface area (Å²) in [6, 6.07) is 20.6. The van der Waals surface area contributed by atoms with Crippen LogP contribution in [-0.2, 0) is 21.4 Å². The lowest BCUT2D eigenvalue weighted by molar-refractivity contribution is -0.115. The summed E-state index contributed by atoms with van der Waals surface area (Å²) in [4.78, 5) is 15.2.